The molecule has 0 aromatic carbocycles. The van der Waals surface area contributed by atoms with Crippen molar-refractivity contribution in [2.75, 3.05) is 46.2 Å². The van der Waals surface area contributed by atoms with Gasteiger partial charge in [0.25, 0.3) is 0 Å². The lowest BCUT2D eigenvalue weighted by atomic mass is 10.0. The van der Waals surface area contributed by atoms with Crippen LogP contribution in [-0.4, -0.2) is 51.4 Å². The molecule has 0 aromatic heterocycles. The van der Waals surface area contributed by atoms with Gasteiger partial charge in [0.15, 0.2) is 0 Å². The minimum absolute atomic E-state index is 0.0721. The molecule has 0 saturated heterocycles. The SMILES string of the molecule is CCCCCCCCCCCCCCCCCCCCCCCCCOCCOCCOCCO. The van der Waals surface area contributed by atoms with Crippen molar-refractivity contribution in [3.63, 3.8) is 0 Å². The molecule has 0 spiro atoms. The molecule has 0 fully saturated rings. The van der Waals surface area contributed by atoms with Crippen LogP contribution in [0.25, 0.3) is 0 Å². The average molecular weight is 501 g/mol. The van der Waals surface area contributed by atoms with E-state index in [0.717, 1.165) is 6.61 Å². The van der Waals surface area contributed by atoms with Crippen LogP contribution in [0.5, 0.6) is 0 Å². The third-order valence-corrected chi connectivity index (χ3v) is 6.87. The van der Waals surface area contributed by atoms with Crippen molar-refractivity contribution in [1.29, 1.82) is 0 Å². The van der Waals surface area contributed by atoms with Gasteiger partial charge in [-0.05, 0) is 6.42 Å². The molecule has 0 atom stereocenters. The highest BCUT2D eigenvalue weighted by molar-refractivity contribution is 4.51. The summed E-state index contributed by atoms with van der Waals surface area (Å²) < 4.78 is 16.1. The van der Waals surface area contributed by atoms with E-state index in [1.54, 1.807) is 0 Å². The number of ether oxygens (including phenoxy) is 3. The van der Waals surface area contributed by atoms with Crippen LogP contribution in [0.1, 0.15) is 155 Å². The van der Waals surface area contributed by atoms with Gasteiger partial charge in [-0.3, -0.25) is 0 Å². The Morgan fingerprint density at radius 1 is 0.314 bits per heavy atom. The predicted molar refractivity (Wildman–Crippen MR) is 151 cm³/mol. The Hall–Kier alpha value is -0.160. The van der Waals surface area contributed by atoms with Gasteiger partial charge < -0.3 is 19.3 Å². The van der Waals surface area contributed by atoms with Gasteiger partial charge in [0.2, 0.25) is 0 Å². The molecule has 0 aliphatic heterocycles. The second-order valence-electron chi connectivity index (χ2n) is 10.3. The van der Waals surface area contributed by atoms with E-state index >= 15 is 0 Å². The third kappa shape index (κ3) is 33.8. The summed E-state index contributed by atoms with van der Waals surface area (Å²) in [6.07, 6.45) is 32.8. The monoisotopic (exact) mass is 500 g/mol. The molecular weight excluding hydrogens is 436 g/mol. The van der Waals surface area contributed by atoms with Crippen molar-refractivity contribution in [3.05, 3.63) is 0 Å². The summed E-state index contributed by atoms with van der Waals surface area (Å²) in [6, 6.07) is 0. The molecule has 0 aliphatic carbocycles. The normalized spacial score (nSPS) is 11.5. The first-order valence-electron chi connectivity index (χ1n) is 15.8. The Balaban J connectivity index is 3.00. The van der Waals surface area contributed by atoms with Gasteiger partial charge in [0.1, 0.15) is 0 Å². The zero-order valence-corrected chi connectivity index (χ0v) is 23.9. The van der Waals surface area contributed by atoms with Crippen LogP contribution in [0, 0.1) is 0 Å². The van der Waals surface area contributed by atoms with E-state index in [-0.39, 0.29) is 6.61 Å². The van der Waals surface area contributed by atoms with Gasteiger partial charge in [0, 0.05) is 6.61 Å². The lowest BCUT2D eigenvalue weighted by Gasteiger charge is -2.06. The van der Waals surface area contributed by atoms with E-state index in [1.807, 2.05) is 0 Å². The molecule has 0 bridgehead atoms. The smallest absolute Gasteiger partial charge is 0.0701 e. The van der Waals surface area contributed by atoms with Crippen LogP contribution in [-0.2, 0) is 14.2 Å². The Morgan fingerprint density at radius 3 is 0.886 bits per heavy atom. The summed E-state index contributed by atoms with van der Waals surface area (Å²) in [5.41, 5.74) is 0. The molecule has 0 amide bonds. The largest absolute Gasteiger partial charge is 0.394 e. The zero-order valence-electron chi connectivity index (χ0n) is 23.9. The molecule has 0 unspecified atom stereocenters. The van der Waals surface area contributed by atoms with Gasteiger partial charge in [-0.1, -0.05) is 148 Å². The van der Waals surface area contributed by atoms with Crippen LogP contribution >= 0.6 is 0 Å². The fourth-order valence-electron chi connectivity index (χ4n) is 4.60. The second-order valence-corrected chi connectivity index (χ2v) is 10.3. The Morgan fingerprint density at radius 2 is 0.571 bits per heavy atom. The number of unbranched alkanes of at least 4 members (excludes halogenated alkanes) is 22. The Kier molecular flexibility index (Phi) is 33.7. The molecular formula is C31H64O4. The third-order valence-electron chi connectivity index (χ3n) is 6.87. The lowest BCUT2D eigenvalue weighted by molar-refractivity contribution is 0.00719. The first kappa shape index (κ1) is 34.8. The van der Waals surface area contributed by atoms with Crippen molar-refractivity contribution in [3.8, 4) is 0 Å². The first-order chi connectivity index (χ1) is 17.4. The molecule has 0 heterocycles. The van der Waals surface area contributed by atoms with Crippen LogP contribution in [0.2, 0.25) is 0 Å². The van der Waals surface area contributed by atoms with Crippen molar-refractivity contribution in [1.82, 2.24) is 0 Å². The molecule has 0 radical (unpaired) electrons. The molecule has 0 aromatic rings. The van der Waals surface area contributed by atoms with Gasteiger partial charge in [-0.2, -0.15) is 0 Å². The van der Waals surface area contributed by atoms with Crippen LogP contribution in [0.15, 0.2) is 0 Å². The van der Waals surface area contributed by atoms with Gasteiger partial charge >= 0.3 is 0 Å². The zero-order chi connectivity index (χ0) is 25.3. The quantitative estimate of drug-likeness (QED) is 0.0936. The maximum Gasteiger partial charge on any atom is 0.0701 e. The molecule has 4 heteroatoms. The van der Waals surface area contributed by atoms with E-state index < -0.39 is 0 Å². The minimum Gasteiger partial charge on any atom is -0.394 e. The maximum absolute atomic E-state index is 8.59. The number of rotatable bonds is 32. The number of aliphatic hydroxyl groups excluding tert-OH is 1. The highest BCUT2D eigenvalue weighted by atomic mass is 16.5. The van der Waals surface area contributed by atoms with Gasteiger partial charge in [0.05, 0.1) is 39.6 Å². The number of hydrogen-bond donors (Lipinski definition) is 1. The average Bonchev–Trinajstić information content (AvgIpc) is 2.87. The molecule has 1 N–H and O–H groups in total. The van der Waals surface area contributed by atoms with Crippen molar-refractivity contribution in [2.45, 2.75) is 155 Å². The van der Waals surface area contributed by atoms with Crippen LogP contribution in [0.3, 0.4) is 0 Å². The van der Waals surface area contributed by atoms with Crippen molar-refractivity contribution < 1.29 is 19.3 Å². The van der Waals surface area contributed by atoms with Crippen LogP contribution < -0.4 is 0 Å². The van der Waals surface area contributed by atoms with Gasteiger partial charge in [-0.25, -0.2) is 0 Å². The summed E-state index contributed by atoms with van der Waals surface area (Å²) in [7, 11) is 0. The lowest BCUT2D eigenvalue weighted by Crippen LogP contribution is -2.11. The summed E-state index contributed by atoms with van der Waals surface area (Å²) in [4.78, 5) is 0. The molecule has 212 valence electrons. The number of aliphatic hydroxyl groups is 1. The fourth-order valence-corrected chi connectivity index (χ4v) is 4.60. The van der Waals surface area contributed by atoms with E-state index in [9.17, 15) is 0 Å². The summed E-state index contributed by atoms with van der Waals surface area (Å²) in [6.45, 7) is 6.02. The summed E-state index contributed by atoms with van der Waals surface area (Å²) in [5.74, 6) is 0. The molecule has 0 rings (SSSR count). The summed E-state index contributed by atoms with van der Waals surface area (Å²) >= 11 is 0. The highest BCUT2D eigenvalue weighted by Gasteiger charge is 1.96. The highest BCUT2D eigenvalue weighted by Crippen LogP contribution is 2.15. The molecule has 0 aliphatic rings. The Labute approximate surface area is 220 Å². The van der Waals surface area contributed by atoms with Crippen molar-refractivity contribution in [2.24, 2.45) is 0 Å². The Bertz CT molecular complexity index is 319. The van der Waals surface area contributed by atoms with Gasteiger partial charge in [-0.15, -0.1) is 0 Å². The molecule has 0 saturated carbocycles. The standard InChI is InChI=1S/C31H64O4/c1-2-3-4-5-6-7-8-9-10-11-12-13-14-15-16-17-18-19-20-21-22-23-24-26-33-28-30-35-31-29-34-27-25-32/h32H,2-31H2,1H3. The van der Waals surface area contributed by atoms with E-state index in [0.29, 0.717) is 33.0 Å². The maximum atomic E-state index is 8.59. The topological polar surface area (TPSA) is 47.9 Å². The summed E-state index contributed by atoms with van der Waals surface area (Å²) in [5, 5.41) is 8.59. The molecule has 4 nitrogen and oxygen atoms in total. The molecule has 35 heavy (non-hydrogen) atoms. The first-order valence-corrected chi connectivity index (χ1v) is 15.8. The van der Waals surface area contributed by atoms with Crippen molar-refractivity contribution >= 4 is 0 Å². The van der Waals surface area contributed by atoms with E-state index in [1.165, 1.54) is 148 Å². The minimum atomic E-state index is 0.0721. The predicted octanol–water partition coefficient (Wildman–Crippen LogP) is 9.02. The van der Waals surface area contributed by atoms with E-state index in [4.69, 9.17) is 19.3 Å². The van der Waals surface area contributed by atoms with Crippen LogP contribution in [0.4, 0.5) is 0 Å². The number of hydrogen-bond acceptors (Lipinski definition) is 4. The fraction of sp³-hybridized carbons (Fsp3) is 1.00. The van der Waals surface area contributed by atoms with E-state index in [2.05, 4.69) is 6.92 Å². The second kappa shape index (κ2) is 33.8.